The molecule has 1 fully saturated rings. The molecule has 0 aliphatic heterocycles. The van der Waals surface area contributed by atoms with Crippen molar-refractivity contribution in [3.63, 3.8) is 0 Å². The molecular formula is C15H23NO. The Morgan fingerprint density at radius 3 is 2.41 bits per heavy atom. The van der Waals surface area contributed by atoms with Crippen molar-refractivity contribution in [3.8, 4) is 5.75 Å². The van der Waals surface area contributed by atoms with Crippen molar-refractivity contribution in [2.75, 3.05) is 7.11 Å². The lowest BCUT2D eigenvalue weighted by Crippen LogP contribution is -2.31. The fourth-order valence-electron chi connectivity index (χ4n) is 2.65. The van der Waals surface area contributed by atoms with Crippen LogP contribution in [0.2, 0.25) is 0 Å². The van der Waals surface area contributed by atoms with Crippen LogP contribution in [-0.4, -0.2) is 13.2 Å². The second kappa shape index (κ2) is 5.54. The molecule has 3 atom stereocenters. The van der Waals surface area contributed by atoms with Gasteiger partial charge in [0.25, 0.3) is 0 Å². The van der Waals surface area contributed by atoms with E-state index in [1.165, 1.54) is 18.4 Å². The van der Waals surface area contributed by atoms with Crippen molar-refractivity contribution in [1.82, 2.24) is 5.32 Å². The van der Waals surface area contributed by atoms with Gasteiger partial charge in [0.15, 0.2) is 0 Å². The molecule has 17 heavy (non-hydrogen) atoms. The maximum Gasteiger partial charge on any atom is 0.118 e. The minimum atomic E-state index is 0.687. The number of benzene rings is 1. The topological polar surface area (TPSA) is 21.3 Å². The molecule has 1 aliphatic rings. The number of ether oxygens (including phenoxy) is 1. The Morgan fingerprint density at radius 1 is 1.18 bits per heavy atom. The summed E-state index contributed by atoms with van der Waals surface area (Å²) in [6.07, 6.45) is 2.68. The molecule has 0 amide bonds. The fraction of sp³-hybridized carbons (Fsp3) is 0.600. The van der Waals surface area contributed by atoms with E-state index in [2.05, 4.69) is 31.3 Å². The van der Waals surface area contributed by atoms with E-state index in [9.17, 15) is 0 Å². The molecule has 1 aromatic rings. The largest absolute Gasteiger partial charge is 0.497 e. The first-order valence-corrected chi connectivity index (χ1v) is 6.57. The average molecular weight is 233 g/mol. The second-order valence-electron chi connectivity index (χ2n) is 5.25. The van der Waals surface area contributed by atoms with E-state index < -0.39 is 0 Å². The summed E-state index contributed by atoms with van der Waals surface area (Å²) in [6, 6.07) is 9.01. The van der Waals surface area contributed by atoms with Crippen LogP contribution in [-0.2, 0) is 6.54 Å². The summed E-state index contributed by atoms with van der Waals surface area (Å²) < 4.78 is 5.16. The Kier molecular flexibility index (Phi) is 4.06. The monoisotopic (exact) mass is 233 g/mol. The van der Waals surface area contributed by atoms with Crippen molar-refractivity contribution in [2.24, 2.45) is 11.8 Å². The van der Waals surface area contributed by atoms with Crippen molar-refractivity contribution >= 4 is 0 Å². The number of methoxy groups -OCH3 is 1. The van der Waals surface area contributed by atoms with Gasteiger partial charge in [-0.2, -0.15) is 0 Å². The highest BCUT2D eigenvalue weighted by Gasteiger charge is 2.28. The van der Waals surface area contributed by atoms with E-state index >= 15 is 0 Å². The Labute approximate surface area is 104 Å². The van der Waals surface area contributed by atoms with E-state index in [-0.39, 0.29) is 0 Å². The predicted octanol–water partition coefficient (Wildman–Crippen LogP) is 3.22. The summed E-state index contributed by atoms with van der Waals surface area (Å²) in [7, 11) is 1.70. The third kappa shape index (κ3) is 3.01. The number of hydrogen-bond acceptors (Lipinski definition) is 2. The molecular weight excluding hydrogens is 210 g/mol. The van der Waals surface area contributed by atoms with Gasteiger partial charge in [0.05, 0.1) is 7.11 Å². The van der Waals surface area contributed by atoms with Crippen LogP contribution in [0.1, 0.15) is 32.3 Å². The van der Waals surface area contributed by atoms with Crippen LogP contribution < -0.4 is 10.1 Å². The van der Waals surface area contributed by atoms with Crippen molar-refractivity contribution in [2.45, 2.75) is 39.3 Å². The van der Waals surface area contributed by atoms with Gasteiger partial charge in [-0.1, -0.05) is 26.0 Å². The maximum atomic E-state index is 5.16. The summed E-state index contributed by atoms with van der Waals surface area (Å²) in [5.41, 5.74) is 1.33. The Bertz CT molecular complexity index is 346. The van der Waals surface area contributed by atoms with Crippen LogP contribution >= 0.6 is 0 Å². The van der Waals surface area contributed by atoms with Crippen molar-refractivity contribution < 1.29 is 4.74 Å². The van der Waals surface area contributed by atoms with Crippen LogP contribution in [0.25, 0.3) is 0 Å². The van der Waals surface area contributed by atoms with Gasteiger partial charge in [-0.05, 0) is 42.4 Å². The van der Waals surface area contributed by atoms with Gasteiger partial charge < -0.3 is 10.1 Å². The van der Waals surface area contributed by atoms with Crippen LogP contribution in [0.5, 0.6) is 5.75 Å². The third-order valence-corrected chi connectivity index (χ3v) is 4.19. The molecule has 0 saturated heterocycles. The molecule has 0 radical (unpaired) electrons. The summed E-state index contributed by atoms with van der Waals surface area (Å²) in [5, 5.41) is 3.67. The first-order valence-electron chi connectivity index (χ1n) is 6.57. The Balaban J connectivity index is 1.85. The molecule has 3 unspecified atom stereocenters. The third-order valence-electron chi connectivity index (χ3n) is 4.19. The molecule has 0 spiro atoms. The van der Waals surface area contributed by atoms with Crippen LogP contribution in [0.4, 0.5) is 0 Å². The SMILES string of the molecule is COc1ccc(CNC2CCC(C)C2C)cc1. The first-order chi connectivity index (χ1) is 8.20. The number of hydrogen-bond donors (Lipinski definition) is 1. The lowest BCUT2D eigenvalue weighted by Gasteiger charge is -2.19. The zero-order valence-corrected chi connectivity index (χ0v) is 11.1. The molecule has 94 valence electrons. The zero-order valence-electron chi connectivity index (χ0n) is 11.1. The van der Waals surface area contributed by atoms with E-state index in [0.717, 1.165) is 24.1 Å². The number of rotatable bonds is 4. The van der Waals surface area contributed by atoms with Gasteiger partial charge in [0, 0.05) is 12.6 Å². The summed E-state index contributed by atoms with van der Waals surface area (Å²) in [5.74, 6) is 2.59. The van der Waals surface area contributed by atoms with Crippen molar-refractivity contribution in [3.05, 3.63) is 29.8 Å². The standard InChI is InChI=1S/C15H23NO/c1-11-4-9-15(12(11)2)16-10-13-5-7-14(17-3)8-6-13/h5-8,11-12,15-16H,4,9-10H2,1-3H3. The molecule has 1 aliphatic carbocycles. The smallest absolute Gasteiger partial charge is 0.118 e. The van der Waals surface area contributed by atoms with Gasteiger partial charge in [0.1, 0.15) is 5.75 Å². The van der Waals surface area contributed by atoms with E-state index in [1.54, 1.807) is 7.11 Å². The lowest BCUT2D eigenvalue weighted by molar-refractivity contribution is 0.369. The van der Waals surface area contributed by atoms with Crippen molar-refractivity contribution in [1.29, 1.82) is 0 Å². The van der Waals surface area contributed by atoms with Crippen LogP contribution in [0, 0.1) is 11.8 Å². The highest BCUT2D eigenvalue weighted by molar-refractivity contribution is 5.27. The predicted molar refractivity (Wildman–Crippen MR) is 71.2 cm³/mol. The molecule has 1 saturated carbocycles. The molecule has 2 nitrogen and oxygen atoms in total. The highest BCUT2D eigenvalue weighted by Crippen LogP contribution is 2.31. The van der Waals surface area contributed by atoms with Gasteiger partial charge in [-0.15, -0.1) is 0 Å². The molecule has 0 aromatic heterocycles. The Morgan fingerprint density at radius 2 is 1.88 bits per heavy atom. The average Bonchev–Trinajstić information content (AvgIpc) is 2.68. The van der Waals surface area contributed by atoms with Gasteiger partial charge in [-0.3, -0.25) is 0 Å². The first kappa shape index (κ1) is 12.4. The van der Waals surface area contributed by atoms with Gasteiger partial charge >= 0.3 is 0 Å². The van der Waals surface area contributed by atoms with Gasteiger partial charge in [0.2, 0.25) is 0 Å². The van der Waals surface area contributed by atoms with E-state index in [1.807, 2.05) is 12.1 Å². The van der Waals surface area contributed by atoms with Crippen LogP contribution in [0.15, 0.2) is 24.3 Å². The molecule has 0 heterocycles. The molecule has 1 N–H and O–H groups in total. The quantitative estimate of drug-likeness (QED) is 0.862. The van der Waals surface area contributed by atoms with Crippen LogP contribution in [0.3, 0.4) is 0 Å². The fourth-order valence-corrected chi connectivity index (χ4v) is 2.65. The van der Waals surface area contributed by atoms with E-state index in [0.29, 0.717) is 6.04 Å². The molecule has 0 bridgehead atoms. The van der Waals surface area contributed by atoms with E-state index in [4.69, 9.17) is 4.74 Å². The summed E-state index contributed by atoms with van der Waals surface area (Å²) in [4.78, 5) is 0. The Hall–Kier alpha value is -1.02. The zero-order chi connectivity index (χ0) is 12.3. The molecule has 2 rings (SSSR count). The normalized spacial score (nSPS) is 28.3. The molecule has 2 heteroatoms. The molecule has 1 aromatic carbocycles. The van der Waals surface area contributed by atoms with Gasteiger partial charge in [-0.25, -0.2) is 0 Å². The second-order valence-corrected chi connectivity index (χ2v) is 5.25. The maximum absolute atomic E-state index is 5.16. The summed E-state index contributed by atoms with van der Waals surface area (Å²) in [6.45, 7) is 5.69. The minimum absolute atomic E-state index is 0.687. The highest BCUT2D eigenvalue weighted by atomic mass is 16.5. The minimum Gasteiger partial charge on any atom is -0.497 e. The number of nitrogens with one attached hydrogen (secondary N) is 1. The summed E-state index contributed by atoms with van der Waals surface area (Å²) >= 11 is 0. The lowest BCUT2D eigenvalue weighted by atomic mass is 9.98.